The normalized spacial score (nSPS) is 10.4. The Kier molecular flexibility index (Phi) is 7.03. The highest BCUT2D eigenvalue weighted by Gasteiger charge is 2.08. The van der Waals surface area contributed by atoms with Crippen LogP contribution >= 0.6 is 0 Å². The summed E-state index contributed by atoms with van der Waals surface area (Å²) in [4.78, 5) is 21.5. The van der Waals surface area contributed by atoms with E-state index in [9.17, 15) is 4.79 Å². The average Bonchev–Trinajstić information content (AvgIpc) is 2.82. The zero-order valence-corrected chi connectivity index (χ0v) is 19.4. The second-order valence-corrected chi connectivity index (χ2v) is 7.82. The van der Waals surface area contributed by atoms with E-state index in [2.05, 4.69) is 25.9 Å². The molecule has 0 aliphatic heterocycles. The summed E-state index contributed by atoms with van der Waals surface area (Å²) in [5, 5.41) is 9.44. The van der Waals surface area contributed by atoms with E-state index in [1.165, 1.54) is 5.56 Å². The summed E-state index contributed by atoms with van der Waals surface area (Å²) in [6, 6.07) is 24.5. The Labute approximate surface area is 199 Å². The van der Waals surface area contributed by atoms with Gasteiger partial charge in [-0.25, -0.2) is 4.98 Å². The summed E-state index contributed by atoms with van der Waals surface area (Å²) >= 11 is 0. The zero-order valence-electron chi connectivity index (χ0n) is 19.4. The Morgan fingerprint density at radius 1 is 0.794 bits per heavy atom. The van der Waals surface area contributed by atoms with Gasteiger partial charge >= 0.3 is 0 Å². The van der Waals surface area contributed by atoms with Crippen LogP contribution in [0.1, 0.15) is 28.5 Å². The number of hydrogen-bond acceptors (Lipinski definition) is 6. The lowest BCUT2D eigenvalue weighted by Crippen LogP contribution is -2.11. The van der Waals surface area contributed by atoms with Crippen LogP contribution in [-0.2, 0) is 0 Å². The lowest BCUT2D eigenvalue weighted by molar-refractivity contribution is 0.102. The molecule has 1 amide bonds. The van der Waals surface area contributed by atoms with Crippen LogP contribution in [0.15, 0.2) is 78.9 Å². The highest BCUT2D eigenvalue weighted by atomic mass is 16.5. The number of carbonyl (C=O) groups is 1. The largest absolute Gasteiger partial charge is 0.494 e. The number of aryl methyl sites for hydroxylation is 2. The quantitative estimate of drug-likeness (QED) is 0.293. The number of ether oxygens (including phenoxy) is 1. The van der Waals surface area contributed by atoms with Crippen LogP contribution in [0.5, 0.6) is 5.75 Å². The van der Waals surface area contributed by atoms with E-state index in [1.807, 2.05) is 75.4 Å². The molecule has 0 atom stereocenters. The first-order chi connectivity index (χ1) is 16.5. The number of aromatic nitrogens is 2. The Morgan fingerprint density at radius 2 is 1.41 bits per heavy atom. The summed E-state index contributed by atoms with van der Waals surface area (Å²) < 4.78 is 5.42. The Balaban J connectivity index is 1.39. The molecule has 0 saturated heterocycles. The Morgan fingerprint density at radius 3 is 2.09 bits per heavy atom. The standard InChI is InChI=1S/C27H27N5O2/c1-4-34-24-15-7-20(8-16-24)26(33)30-22-13-11-21(12-14-22)29-25-17-19(3)28-27(32-25)31-23-9-5-18(2)6-10-23/h5-17H,4H2,1-3H3,(H,30,33)(H2,28,29,31,32). The number of amides is 1. The molecule has 3 N–H and O–H groups in total. The van der Waals surface area contributed by atoms with Gasteiger partial charge in [-0.1, -0.05) is 17.7 Å². The number of anilines is 5. The minimum Gasteiger partial charge on any atom is -0.494 e. The number of hydrogen-bond donors (Lipinski definition) is 3. The molecule has 0 bridgehead atoms. The predicted molar refractivity (Wildman–Crippen MR) is 137 cm³/mol. The second-order valence-electron chi connectivity index (χ2n) is 7.82. The van der Waals surface area contributed by atoms with Crippen molar-refractivity contribution in [2.24, 2.45) is 0 Å². The molecule has 1 heterocycles. The van der Waals surface area contributed by atoms with Crippen molar-refractivity contribution in [3.05, 3.63) is 95.7 Å². The van der Waals surface area contributed by atoms with E-state index in [4.69, 9.17) is 4.74 Å². The van der Waals surface area contributed by atoms with Crippen LogP contribution in [0, 0.1) is 13.8 Å². The SMILES string of the molecule is CCOc1ccc(C(=O)Nc2ccc(Nc3cc(C)nc(Nc4ccc(C)cc4)n3)cc2)cc1. The maximum atomic E-state index is 12.5. The number of carbonyl (C=O) groups excluding carboxylic acids is 1. The summed E-state index contributed by atoms with van der Waals surface area (Å²) in [5.74, 6) is 1.76. The van der Waals surface area contributed by atoms with Gasteiger partial charge in [-0.05, 0) is 81.4 Å². The van der Waals surface area contributed by atoms with Gasteiger partial charge in [0.15, 0.2) is 0 Å². The summed E-state index contributed by atoms with van der Waals surface area (Å²) in [6.07, 6.45) is 0. The van der Waals surface area contributed by atoms with Gasteiger partial charge in [0.25, 0.3) is 5.91 Å². The number of nitrogens with one attached hydrogen (secondary N) is 3. The van der Waals surface area contributed by atoms with Gasteiger partial charge < -0.3 is 20.7 Å². The van der Waals surface area contributed by atoms with E-state index >= 15 is 0 Å². The third-order valence-corrected chi connectivity index (χ3v) is 5.00. The van der Waals surface area contributed by atoms with Gasteiger partial charge in [0.05, 0.1) is 6.61 Å². The molecule has 4 rings (SSSR count). The van der Waals surface area contributed by atoms with Crippen molar-refractivity contribution in [2.75, 3.05) is 22.6 Å². The first kappa shape index (κ1) is 22.8. The molecule has 34 heavy (non-hydrogen) atoms. The topological polar surface area (TPSA) is 88.2 Å². The highest BCUT2D eigenvalue weighted by Crippen LogP contribution is 2.21. The maximum Gasteiger partial charge on any atom is 0.255 e. The fourth-order valence-electron chi connectivity index (χ4n) is 3.31. The summed E-state index contributed by atoms with van der Waals surface area (Å²) in [6.45, 7) is 6.48. The van der Waals surface area contributed by atoms with E-state index < -0.39 is 0 Å². The van der Waals surface area contributed by atoms with Crippen LogP contribution in [0.2, 0.25) is 0 Å². The Hall–Kier alpha value is -4.39. The van der Waals surface area contributed by atoms with Crippen LogP contribution in [0.4, 0.5) is 28.8 Å². The van der Waals surface area contributed by atoms with Crippen molar-refractivity contribution < 1.29 is 9.53 Å². The van der Waals surface area contributed by atoms with Gasteiger partial charge in [0, 0.05) is 34.4 Å². The number of nitrogens with zero attached hydrogens (tertiary/aromatic N) is 2. The van der Waals surface area contributed by atoms with E-state index in [-0.39, 0.29) is 5.91 Å². The maximum absolute atomic E-state index is 12.5. The van der Waals surface area contributed by atoms with Crippen molar-refractivity contribution in [3.63, 3.8) is 0 Å². The van der Waals surface area contributed by atoms with Gasteiger partial charge in [-0.2, -0.15) is 4.98 Å². The second kappa shape index (κ2) is 10.5. The van der Waals surface area contributed by atoms with Crippen molar-refractivity contribution in [1.29, 1.82) is 0 Å². The van der Waals surface area contributed by atoms with Crippen molar-refractivity contribution in [3.8, 4) is 5.75 Å². The third-order valence-electron chi connectivity index (χ3n) is 5.00. The first-order valence-corrected chi connectivity index (χ1v) is 11.1. The summed E-state index contributed by atoms with van der Waals surface area (Å²) in [7, 11) is 0. The molecular weight excluding hydrogens is 426 g/mol. The molecule has 0 radical (unpaired) electrons. The monoisotopic (exact) mass is 453 g/mol. The minimum atomic E-state index is -0.179. The molecule has 7 heteroatoms. The zero-order chi connectivity index (χ0) is 23.9. The first-order valence-electron chi connectivity index (χ1n) is 11.1. The van der Waals surface area contributed by atoms with E-state index in [1.54, 1.807) is 24.3 Å². The van der Waals surface area contributed by atoms with Gasteiger partial charge in [-0.15, -0.1) is 0 Å². The van der Waals surface area contributed by atoms with Gasteiger partial charge in [0.2, 0.25) is 5.95 Å². The molecule has 7 nitrogen and oxygen atoms in total. The molecule has 4 aromatic rings. The molecule has 0 aliphatic rings. The van der Waals surface area contributed by atoms with Crippen molar-refractivity contribution in [1.82, 2.24) is 9.97 Å². The van der Waals surface area contributed by atoms with Crippen molar-refractivity contribution >= 4 is 34.7 Å². The van der Waals surface area contributed by atoms with Gasteiger partial charge in [-0.3, -0.25) is 4.79 Å². The molecule has 0 unspecified atom stereocenters. The number of rotatable bonds is 8. The molecular formula is C27H27N5O2. The lowest BCUT2D eigenvalue weighted by Gasteiger charge is -2.11. The minimum absolute atomic E-state index is 0.179. The van der Waals surface area contributed by atoms with E-state index in [0.717, 1.165) is 22.8 Å². The van der Waals surface area contributed by atoms with Crippen LogP contribution in [0.25, 0.3) is 0 Å². The van der Waals surface area contributed by atoms with Crippen molar-refractivity contribution in [2.45, 2.75) is 20.8 Å². The number of benzene rings is 3. The molecule has 1 aromatic heterocycles. The smallest absolute Gasteiger partial charge is 0.255 e. The van der Waals surface area contributed by atoms with E-state index in [0.29, 0.717) is 29.6 Å². The summed E-state index contributed by atoms with van der Waals surface area (Å²) in [5.41, 5.74) is 5.07. The lowest BCUT2D eigenvalue weighted by atomic mass is 10.2. The highest BCUT2D eigenvalue weighted by molar-refractivity contribution is 6.04. The average molecular weight is 454 g/mol. The molecule has 0 fully saturated rings. The molecule has 0 saturated carbocycles. The third kappa shape index (κ3) is 6.10. The van der Waals surface area contributed by atoms with Crippen LogP contribution in [0.3, 0.4) is 0 Å². The predicted octanol–water partition coefficient (Wildman–Crippen LogP) is 6.23. The molecule has 3 aromatic carbocycles. The fourth-order valence-corrected chi connectivity index (χ4v) is 3.31. The molecule has 172 valence electrons. The van der Waals surface area contributed by atoms with Gasteiger partial charge in [0.1, 0.15) is 11.6 Å². The van der Waals surface area contributed by atoms with Crippen LogP contribution < -0.4 is 20.7 Å². The fraction of sp³-hybridized carbons (Fsp3) is 0.148. The van der Waals surface area contributed by atoms with Crippen LogP contribution in [-0.4, -0.2) is 22.5 Å². The Bertz CT molecular complexity index is 1250. The molecule has 0 aliphatic carbocycles. The molecule has 0 spiro atoms.